The van der Waals surface area contributed by atoms with Gasteiger partial charge >= 0.3 is 5.97 Å². The summed E-state index contributed by atoms with van der Waals surface area (Å²) < 4.78 is 6.53. The molecule has 18 heavy (non-hydrogen) atoms. The van der Waals surface area contributed by atoms with Crippen LogP contribution in [-0.2, 0) is 6.61 Å². The number of carbonyl (C=O) groups is 1. The molecule has 1 N–H and O–H groups in total. The Labute approximate surface area is 112 Å². The van der Waals surface area contributed by atoms with Crippen molar-refractivity contribution in [2.75, 3.05) is 0 Å². The van der Waals surface area contributed by atoms with Gasteiger partial charge in [0.1, 0.15) is 18.1 Å². The van der Waals surface area contributed by atoms with Gasteiger partial charge in [-0.2, -0.15) is 0 Å². The monoisotopic (exact) mass is 307 g/mol. The number of carboxylic acid groups (broad SMARTS) is 1. The van der Waals surface area contributed by atoms with E-state index in [0.717, 1.165) is 15.8 Å². The molecule has 0 saturated heterocycles. The molecule has 0 aliphatic carbocycles. The van der Waals surface area contributed by atoms with Crippen molar-refractivity contribution in [3.63, 3.8) is 0 Å². The van der Waals surface area contributed by atoms with E-state index in [2.05, 4.69) is 20.9 Å². The molecule has 92 valence electrons. The first-order chi connectivity index (χ1) is 8.65. The molecule has 4 nitrogen and oxygen atoms in total. The highest BCUT2D eigenvalue weighted by Gasteiger charge is 2.03. The highest BCUT2D eigenvalue weighted by molar-refractivity contribution is 9.10. The van der Waals surface area contributed by atoms with Crippen LogP contribution in [-0.4, -0.2) is 16.1 Å². The van der Waals surface area contributed by atoms with Crippen molar-refractivity contribution in [3.8, 4) is 5.75 Å². The molecule has 0 saturated carbocycles. The fourth-order valence-corrected chi connectivity index (χ4v) is 1.60. The van der Waals surface area contributed by atoms with E-state index in [-0.39, 0.29) is 5.69 Å². The van der Waals surface area contributed by atoms with Crippen molar-refractivity contribution >= 4 is 21.9 Å². The van der Waals surface area contributed by atoms with E-state index in [1.807, 2.05) is 24.3 Å². The summed E-state index contributed by atoms with van der Waals surface area (Å²) in [6.45, 7) is 0.356. The van der Waals surface area contributed by atoms with E-state index >= 15 is 0 Å². The zero-order valence-corrected chi connectivity index (χ0v) is 10.9. The number of ether oxygens (including phenoxy) is 1. The second-order valence-corrected chi connectivity index (χ2v) is 4.52. The zero-order chi connectivity index (χ0) is 13.0. The lowest BCUT2D eigenvalue weighted by Gasteiger charge is -2.06. The Bertz CT molecular complexity index is 537. The Morgan fingerprint density at radius 2 is 1.94 bits per heavy atom. The van der Waals surface area contributed by atoms with Gasteiger partial charge in [0.25, 0.3) is 0 Å². The van der Waals surface area contributed by atoms with Crippen LogP contribution < -0.4 is 4.74 Å². The van der Waals surface area contributed by atoms with Gasteiger partial charge in [-0.1, -0.05) is 22.0 Å². The lowest BCUT2D eigenvalue weighted by molar-refractivity contribution is 0.0690. The molecule has 0 radical (unpaired) electrons. The topological polar surface area (TPSA) is 59.4 Å². The van der Waals surface area contributed by atoms with Gasteiger partial charge in [0, 0.05) is 16.2 Å². The van der Waals surface area contributed by atoms with Crippen LogP contribution in [0.2, 0.25) is 0 Å². The summed E-state index contributed by atoms with van der Waals surface area (Å²) in [7, 11) is 0. The van der Waals surface area contributed by atoms with Crippen LogP contribution >= 0.6 is 15.9 Å². The largest absolute Gasteiger partial charge is 0.489 e. The Morgan fingerprint density at radius 1 is 1.22 bits per heavy atom. The van der Waals surface area contributed by atoms with E-state index in [0.29, 0.717) is 6.61 Å². The summed E-state index contributed by atoms with van der Waals surface area (Å²) >= 11 is 3.34. The van der Waals surface area contributed by atoms with Gasteiger partial charge in [-0.05, 0) is 30.3 Å². The second-order valence-electron chi connectivity index (χ2n) is 3.60. The van der Waals surface area contributed by atoms with E-state index in [9.17, 15) is 4.79 Å². The molecule has 0 unspecified atom stereocenters. The molecule has 2 aromatic rings. The molecule has 2 rings (SSSR count). The van der Waals surface area contributed by atoms with E-state index in [4.69, 9.17) is 9.84 Å². The fourth-order valence-electron chi connectivity index (χ4n) is 1.33. The molecule has 0 atom stereocenters. The molecule has 0 bridgehead atoms. The summed E-state index contributed by atoms with van der Waals surface area (Å²) in [5.74, 6) is -0.282. The molecule has 0 aliphatic heterocycles. The Balaban J connectivity index is 1.97. The third-order valence-electron chi connectivity index (χ3n) is 2.26. The number of aromatic nitrogens is 1. The predicted molar refractivity (Wildman–Crippen MR) is 69.7 cm³/mol. The Kier molecular flexibility index (Phi) is 3.94. The molecule has 0 amide bonds. The van der Waals surface area contributed by atoms with Crippen LogP contribution in [0.1, 0.15) is 16.1 Å². The average molecular weight is 308 g/mol. The van der Waals surface area contributed by atoms with Gasteiger partial charge in [0.2, 0.25) is 0 Å². The lowest BCUT2D eigenvalue weighted by Crippen LogP contribution is -2.02. The van der Waals surface area contributed by atoms with E-state index < -0.39 is 5.97 Å². The smallest absolute Gasteiger partial charge is 0.354 e. The molecule has 1 aromatic carbocycles. The Morgan fingerprint density at radius 3 is 2.50 bits per heavy atom. The molecule has 1 aromatic heterocycles. The molecule has 0 spiro atoms. The SMILES string of the molecule is O=C(O)c1ccc(COc2ccc(Br)cc2)cn1. The van der Waals surface area contributed by atoms with E-state index in [1.165, 1.54) is 12.3 Å². The molecule has 0 fully saturated rings. The molecular formula is C13H10BrNO3. The third kappa shape index (κ3) is 3.30. The first-order valence-electron chi connectivity index (χ1n) is 5.22. The van der Waals surface area contributed by atoms with E-state index in [1.54, 1.807) is 6.07 Å². The molecule has 1 heterocycles. The number of hydrogen-bond acceptors (Lipinski definition) is 3. The number of benzene rings is 1. The third-order valence-corrected chi connectivity index (χ3v) is 2.79. The van der Waals surface area contributed by atoms with Crippen LogP contribution in [0.15, 0.2) is 47.1 Å². The van der Waals surface area contributed by atoms with Gasteiger partial charge in [0.15, 0.2) is 0 Å². The second kappa shape index (κ2) is 5.64. The molecule has 0 aliphatic rings. The number of carboxylic acids is 1. The minimum absolute atomic E-state index is 0.0300. The van der Waals surface area contributed by atoms with Crippen LogP contribution in [0.25, 0.3) is 0 Å². The molecule has 5 heteroatoms. The van der Waals surface area contributed by atoms with Gasteiger partial charge in [-0.25, -0.2) is 9.78 Å². The summed E-state index contributed by atoms with van der Waals surface area (Å²) in [6.07, 6.45) is 1.50. The van der Waals surface area contributed by atoms with Crippen molar-refractivity contribution in [1.82, 2.24) is 4.98 Å². The maximum absolute atomic E-state index is 10.6. The number of halogens is 1. The minimum Gasteiger partial charge on any atom is -0.489 e. The normalized spacial score (nSPS) is 10.1. The van der Waals surface area contributed by atoms with Gasteiger partial charge in [-0.3, -0.25) is 0 Å². The predicted octanol–water partition coefficient (Wildman–Crippen LogP) is 3.12. The van der Waals surface area contributed by atoms with Crippen LogP contribution in [0.5, 0.6) is 5.75 Å². The van der Waals surface area contributed by atoms with Crippen molar-refractivity contribution < 1.29 is 14.6 Å². The highest BCUT2D eigenvalue weighted by atomic mass is 79.9. The zero-order valence-electron chi connectivity index (χ0n) is 9.34. The first kappa shape index (κ1) is 12.6. The minimum atomic E-state index is -1.03. The van der Waals surface area contributed by atoms with Crippen LogP contribution in [0.3, 0.4) is 0 Å². The number of pyridine rings is 1. The van der Waals surface area contributed by atoms with Gasteiger partial charge < -0.3 is 9.84 Å². The van der Waals surface area contributed by atoms with Crippen molar-refractivity contribution in [2.45, 2.75) is 6.61 Å². The van der Waals surface area contributed by atoms with Crippen molar-refractivity contribution in [3.05, 3.63) is 58.3 Å². The maximum atomic E-state index is 10.6. The maximum Gasteiger partial charge on any atom is 0.354 e. The van der Waals surface area contributed by atoms with Gasteiger partial charge in [-0.15, -0.1) is 0 Å². The first-order valence-corrected chi connectivity index (χ1v) is 6.01. The highest BCUT2D eigenvalue weighted by Crippen LogP contribution is 2.17. The van der Waals surface area contributed by atoms with Gasteiger partial charge in [0.05, 0.1) is 0 Å². The van der Waals surface area contributed by atoms with Crippen LogP contribution in [0, 0.1) is 0 Å². The summed E-state index contributed by atoms with van der Waals surface area (Å²) in [6, 6.07) is 10.6. The van der Waals surface area contributed by atoms with Crippen molar-refractivity contribution in [2.24, 2.45) is 0 Å². The summed E-state index contributed by atoms with van der Waals surface area (Å²) in [4.78, 5) is 14.4. The van der Waals surface area contributed by atoms with Crippen molar-refractivity contribution in [1.29, 1.82) is 0 Å². The lowest BCUT2D eigenvalue weighted by atomic mass is 10.2. The van der Waals surface area contributed by atoms with Crippen LogP contribution in [0.4, 0.5) is 0 Å². The quantitative estimate of drug-likeness (QED) is 0.943. The number of rotatable bonds is 4. The number of hydrogen-bond donors (Lipinski definition) is 1. The molecular weight excluding hydrogens is 298 g/mol. The standard InChI is InChI=1S/C13H10BrNO3/c14-10-2-4-11(5-3-10)18-8-9-1-6-12(13(16)17)15-7-9/h1-7H,8H2,(H,16,17). The number of aromatic carboxylic acids is 1. The fraction of sp³-hybridized carbons (Fsp3) is 0.0769. The average Bonchev–Trinajstić information content (AvgIpc) is 2.38. The Hall–Kier alpha value is -1.88. The summed E-state index contributed by atoms with van der Waals surface area (Å²) in [5, 5.41) is 8.71. The number of nitrogens with zero attached hydrogens (tertiary/aromatic N) is 1. The summed E-state index contributed by atoms with van der Waals surface area (Å²) in [5.41, 5.74) is 0.852.